The largest absolute Gasteiger partial charge is 0.465 e. The number of benzene rings is 1. The van der Waals surface area contributed by atoms with E-state index in [1.54, 1.807) is 19.1 Å². The molecule has 0 saturated carbocycles. The van der Waals surface area contributed by atoms with Crippen molar-refractivity contribution in [2.45, 2.75) is 19.0 Å². The minimum atomic E-state index is -1.14. The Morgan fingerprint density at radius 2 is 2.11 bits per heavy atom. The average Bonchev–Trinajstić information content (AvgIpc) is 2.32. The second kappa shape index (κ2) is 5.27. The van der Waals surface area contributed by atoms with Crippen LogP contribution in [0.25, 0.3) is 0 Å². The van der Waals surface area contributed by atoms with E-state index in [0.29, 0.717) is 10.6 Å². The number of carbonyl (C=O) groups is 2. The van der Waals surface area contributed by atoms with E-state index in [1.165, 1.54) is 6.07 Å². The van der Waals surface area contributed by atoms with Gasteiger partial charge in [-0.1, -0.05) is 29.3 Å². The summed E-state index contributed by atoms with van der Waals surface area (Å²) >= 11 is 11.7. The molecule has 19 heavy (non-hydrogen) atoms. The molecule has 0 spiro atoms. The van der Waals surface area contributed by atoms with E-state index in [2.05, 4.69) is 5.32 Å². The van der Waals surface area contributed by atoms with Gasteiger partial charge in [0.2, 0.25) is 5.91 Å². The van der Waals surface area contributed by atoms with Crippen molar-refractivity contribution in [1.29, 1.82) is 0 Å². The lowest BCUT2D eigenvalue weighted by molar-refractivity contribution is -0.129. The first-order valence-corrected chi connectivity index (χ1v) is 6.40. The van der Waals surface area contributed by atoms with E-state index in [4.69, 9.17) is 23.2 Å². The highest BCUT2D eigenvalue weighted by molar-refractivity contribution is 6.42. The van der Waals surface area contributed by atoms with Gasteiger partial charge in [-0.25, -0.2) is 4.79 Å². The zero-order chi connectivity index (χ0) is 14.2. The molecule has 2 atom stereocenters. The van der Waals surface area contributed by atoms with E-state index >= 15 is 0 Å². The second-order valence-corrected chi connectivity index (χ2v) is 5.24. The van der Waals surface area contributed by atoms with Crippen LogP contribution in [0, 0.1) is 0 Å². The fraction of sp³-hybridized carbons (Fsp3) is 0.333. The molecule has 1 aliphatic rings. The molecular weight excluding hydrogens is 291 g/mol. The molecule has 2 amide bonds. The number of nitrogens with one attached hydrogen (secondary N) is 1. The van der Waals surface area contributed by atoms with Crippen molar-refractivity contribution in [2.75, 3.05) is 6.54 Å². The Balaban J connectivity index is 2.41. The summed E-state index contributed by atoms with van der Waals surface area (Å²) in [5, 5.41) is 12.6. The molecule has 2 N–H and O–H groups in total. The van der Waals surface area contributed by atoms with Crippen LogP contribution in [0.1, 0.15) is 18.5 Å². The topological polar surface area (TPSA) is 69.6 Å². The van der Waals surface area contributed by atoms with Gasteiger partial charge in [-0.3, -0.25) is 9.69 Å². The number of carboxylic acid groups (broad SMARTS) is 1. The summed E-state index contributed by atoms with van der Waals surface area (Å²) in [6, 6.07) is 3.54. The van der Waals surface area contributed by atoms with Crippen LogP contribution in [-0.2, 0) is 4.79 Å². The molecule has 1 saturated heterocycles. The maximum absolute atomic E-state index is 12.0. The van der Waals surface area contributed by atoms with Gasteiger partial charge in [0, 0.05) is 12.6 Å². The van der Waals surface area contributed by atoms with Crippen molar-refractivity contribution in [3.8, 4) is 0 Å². The van der Waals surface area contributed by atoms with Crippen LogP contribution < -0.4 is 5.32 Å². The van der Waals surface area contributed by atoms with Gasteiger partial charge in [0.05, 0.1) is 10.0 Å². The molecule has 1 aliphatic heterocycles. The second-order valence-electron chi connectivity index (χ2n) is 4.42. The quantitative estimate of drug-likeness (QED) is 0.837. The van der Waals surface area contributed by atoms with Crippen molar-refractivity contribution in [1.82, 2.24) is 10.2 Å². The predicted octanol–water partition coefficient (Wildman–Crippen LogP) is 2.53. The van der Waals surface area contributed by atoms with Crippen molar-refractivity contribution >= 4 is 35.2 Å². The average molecular weight is 303 g/mol. The first kappa shape index (κ1) is 14.0. The van der Waals surface area contributed by atoms with Gasteiger partial charge in [0.25, 0.3) is 0 Å². The zero-order valence-electron chi connectivity index (χ0n) is 10.1. The molecule has 0 radical (unpaired) electrons. The normalized spacial score (nSPS) is 23.1. The Morgan fingerprint density at radius 3 is 2.68 bits per heavy atom. The Kier molecular flexibility index (Phi) is 3.87. The van der Waals surface area contributed by atoms with E-state index in [1.807, 2.05) is 0 Å². The molecule has 7 heteroatoms. The maximum atomic E-state index is 12.0. The number of nitrogens with zero attached hydrogens (tertiary/aromatic N) is 1. The maximum Gasteiger partial charge on any atom is 0.408 e. The summed E-state index contributed by atoms with van der Waals surface area (Å²) in [4.78, 5) is 24.4. The highest BCUT2D eigenvalue weighted by Gasteiger charge is 2.37. The Bertz CT molecular complexity index is 536. The predicted molar refractivity (Wildman–Crippen MR) is 71.5 cm³/mol. The number of halogens is 2. The number of carbonyl (C=O) groups excluding carboxylic acids is 1. The Morgan fingerprint density at radius 1 is 1.42 bits per heavy atom. The summed E-state index contributed by atoms with van der Waals surface area (Å²) in [5.41, 5.74) is 0.501. The van der Waals surface area contributed by atoms with Gasteiger partial charge in [-0.05, 0) is 24.6 Å². The van der Waals surface area contributed by atoms with Crippen molar-refractivity contribution in [3.63, 3.8) is 0 Å². The lowest BCUT2D eigenvalue weighted by Crippen LogP contribution is -2.56. The minimum absolute atomic E-state index is 0.220. The van der Waals surface area contributed by atoms with Crippen LogP contribution in [0.5, 0.6) is 0 Å². The van der Waals surface area contributed by atoms with Crippen LogP contribution in [0.3, 0.4) is 0 Å². The molecule has 0 aliphatic carbocycles. The fourth-order valence-corrected chi connectivity index (χ4v) is 2.42. The summed E-state index contributed by atoms with van der Waals surface area (Å²) in [7, 11) is 0. The van der Waals surface area contributed by atoms with E-state index in [9.17, 15) is 14.7 Å². The number of hydrogen-bond acceptors (Lipinski definition) is 2. The first-order chi connectivity index (χ1) is 8.90. The molecule has 5 nitrogen and oxygen atoms in total. The van der Waals surface area contributed by atoms with E-state index in [0.717, 1.165) is 4.90 Å². The number of piperazine rings is 1. The third-order valence-corrected chi connectivity index (χ3v) is 3.66. The molecule has 1 aromatic rings. The summed E-state index contributed by atoms with van der Waals surface area (Å²) < 4.78 is 0. The van der Waals surface area contributed by atoms with Gasteiger partial charge >= 0.3 is 6.09 Å². The van der Waals surface area contributed by atoms with Gasteiger partial charge in [0.1, 0.15) is 6.04 Å². The molecule has 0 aromatic heterocycles. The molecule has 2 rings (SSSR count). The van der Waals surface area contributed by atoms with Crippen LogP contribution >= 0.6 is 23.2 Å². The first-order valence-electron chi connectivity index (χ1n) is 5.65. The van der Waals surface area contributed by atoms with Crippen LogP contribution in [0.4, 0.5) is 4.79 Å². The Labute approximate surface area is 120 Å². The minimum Gasteiger partial charge on any atom is -0.465 e. The molecule has 0 bridgehead atoms. The lowest BCUT2D eigenvalue weighted by atomic mass is 10.0. The molecule has 1 fully saturated rings. The van der Waals surface area contributed by atoms with Crippen LogP contribution in [0.2, 0.25) is 10.0 Å². The number of rotatable bonds is 1. The third-order valence-electron chi connectivity index (χ3n) is 2.92. The van der Waals surface area contributed by atoms with Crippen LogP contribution in [-0.4, -0.2) is 34.6 Å². The lowest BCUT2D eigenvalue weighted by Gasteiger charge is -2.36. The van der Waals surface area contributed by atoms with E-state index < -0.39 is 12.1 Å². The smallest absolute Gasteiger partial charge is 0.408 e. The highest BCUT2D eigenvalue weighted by atomic mass is 35.5. The fourth-order valence-electron chi connectivity index (χ4n) is 2.11. The highest BCUT2D eigenvalue weighted by Crippen LogP contribution is 2.30. The van der Waals surface area contributed by atoms with Gasteiger partial charge in [-0.2, -0.15) is 0 Å². The summed E-state index contributed by atoms with van der Waals surface area (Å²) in [6.45, 7) is 1.98. The standard InChI is InChI=1S/C12H12Cl2N2O3/c1-6-5-16(12(18)19)10(11(17)15-6)7-2-3-8(13)9(14)4-7/h2-4,6,10H,5H2,1H3,(H,15,17)(H,18,19)/t6-,10+/m1/s1. The number of amides is 2. The molecule has 102 valence electrons. The SMILES string of the molecule is C[C@@H]1CN(C(=O)O)[C@@H](c2ccc(Cl)c(Cl)c2)C(=O)N1. The Hall–Kier alpha value is -1.46. The monoisotopic (exact) mass is 302 g/mol. The number of hydrogen-bond donors (Lipinski definition) is 2. The molecule has 0 unspecified atom stereocenters. The van der Waals surface area contributed by atoms with Gasteiger partial charge in [0.15, 0.2) is 0 Å². The summed E-state index contributed by atoms with van der Waals surface area (Å²) in [5.74, 6) is -0.362. The molecule has 1 heterocycles. The third kappa shape index (κ3) is 2.77. The van der Waals surface area contributed by atoms with Crippen molar-refractivity contribution in [2.24, 2.45) is 0 Å². The molecular formula is C12H12Cl2N2O3. The van der Waals surface area contributed by atoms with Gasteiger partial charge in [-0.15, -0.1) is 0 Å². The van der Waals surface area contributed by atoms with Crippen molar-refractivity contribution in [3.05, 3.63) is 33.8 Å². The van der Waals surface area contributed by atoms with Gasteiger partial charge < -0.3 is 10.4 Å². The van der Waals surface area contributed by atoms with Crippen LogP contribution in [0.15, 0.2) is 18.2 Å². The summed E-state index contributed by atoms with van der Waals surface area (Å²) in [6.07, 6.45) is -1.14. The molecule has 1 aromatic carbocycles. The van der Waals surface area contributed by atoms with E-state index in [-0.39, 0.29) is 23.5 Å². The van der Waals surface area contributed by atoms with Crippen molar-refractivity contribution < 1.29 is 14.7 Å². The zero-order valence-corrected chi connectivity index (χ0v) is 11.6.